The molecular weight excluding hydrogens is 328 g/mol. The fraction of sp³-hybridized carbons (Fsp3) is 0.750. The third-order valence-corrected chi connectivity index (χ3v) is 5.29. The van der Waals surface area contributed by atoms with Crippen molar-refractivity contribution < 1.29 is 9.15 Å². The molecule has 1 atom stereocenters. The molecule has 2 aliphatic rings. The second kappa shape index (κ2) is 10.6. The Hall–Kier alpha value is -1.53. The van der Waals surface area contributed by atoms with E-state index in [0.717, 1.165) is 43.8 Å². The maximum Gasteiger partial charge on any atom is 0.191 e. The molecule has 1 saturated heterocycles. The van der Waals surface area contributed by atoms with Gasteiger partial charge < -0.3 is 19.8 Å². The van der Waals surface area contributed by atoms with E-state index < -0.39 is 0 Å². The number of guanidine groups is 1. The van der Waals surface area contributed by atoms with Crippen molar-refractivity contribution in [3.05, 3.63) is 24.2 Å². The van der Waals surface area contributed by atoms with Gasteiger partial charge in [-0.2, -0.15) is 0 Å². The lowest BCUT2D eigenvalue weighted by Crippen LogP contribution is -2.45. The Bertz CT molecular complexity index is 526. The molecule has 0 aromatic carbocycles. The van der Waals surface area contributed by atoms with E-state index in [4.69, 9.17) is 14.1 Å². The highest BCUT2D eigenvalue weighted by Crippen LogP contribution is 2.26. The van der Waals surface area contributed by atoms with Crippen molar-refractivity contribution in [3.63, 3.8) is 0 Å². The Labute approximate surface area is 157 Å². The monoisotopic (exact) mass is 362 g/mol. The van der Waals surface area contributed by atoms with Gasteiger partial charge in [0.1, 0.15) is 12.4 Å². The topological polar surface area (TPSA) is 62.0 Å². The van der Waals surface area contributed by atoms with Crippen molar-refractivity contribution in [1.82, 2.24) is 15.5 Å². The molecule has 1 aliphatic carbocycles. The Kier molecular flexibility index (Phi) is 7.83. The van der Waals surface area contributed by atoms with E-state index in [0.29, 0.717) is 19.3 Å². The number of aliphatic imine (C=N–C) groups is 1. The van der Waals surface area contributed by atoms with Gasteiger partial charge in [-0.25, -0.2) is 0 Å². The summed E-state index contributed by atoms with van der Waals surface area (Å²) in [6, 6.07) is 5.16. The summed E-state index contributed by atoms with van der Waals surface area (Å²) in [6.07, 6.45) is 9.39. The molecule has 0 radical (unpaired) electrons. The second-order valence-electron chi connectivity index (χ2n) is 7.31. The van der Waals surface area contributed by atoms with Gasteiger partial charge in [0.05, 0.1) is 6.26 Å². The molecule has 3 rings (SSSR count). The number of rotatable bonds is 9. The summed E-state index contributed by atoms with van der Waals surface area (Å²) in [6.45, 7) is 7.38. The van der Waals surface area contributed by atoms with Crippen LogP contribution < -0.4 is 10.6 Å². The fourth-order valence-corrected chi connectivity index (χ4v) is 3.94. The van der Waals surface area contributed by atoms with Crippen LogP contribution in [-0.4, -0.2) is 55.7 Å². The smallest absolute Gasteiger partial charge is 0.191 e. The molecule has 1 aromatic heterocycles. The van der Waals surface area contributed by atoms with Crippen LogP contribution in [0.5, 0.6) is 0 Å². The number of nitrogens with zero attached hydrogens (tertiary/aromatic N) is 2. The fourth-order valence-electron chi connectivity index (χ4n) is 3.94. The van der Waals surface area contributed by atoms with Gasteiger partial charge in [-0.1, -0.05) is 12.8 Å². The quantitative estimate of drug-likeness (QED) is 0.402. The molecule has 6 nitrogen and oxygen atoms in total. The number of ether oxygens (including phenoxy) is 1. The minimum Gasteiger partial charge on any atom is -0.467 e. The first kappa shape index (κ1) is 19.2. The predicted molar refractivity (Wildman–Crippen MR) is 104 cm³/mol. The molecule has 146 valence electrons. The lowest BCUT2D eigenvalue weighted by atomic mass is 10.2. The first-order chi connectivity index (χ1) is 12.8. The first-order valence-corrected chi connectivity index (χ1v) is 10.2. The van der Waals surface area contributed by atoms with Crippen LogP contribution >= 0.6 is 0 Å². The van der Waals surface area contributed by atoms with Crippen LogP contribution in [0.15, 0.2) is 27.8 Å². The highest BCUT2D eigenvalue weighted by Gasteiger charge is 2.30. The van der Waals surface area contributed by atoms with Gasteiger partial charge in [0.2, 0.25) is 0 Å². The van der Waals surface area contributed by atoms with E-state index in [2.05, 4.69) is 22.5 Å². The minimum atomic E-state index is 0.517. The van der Waals surface area contributed by atoms with Gasteiger partial charge in [-0.05, 0) is 44.7 Å². The second-order valence-corrected chi connectivity index (χ2v) is 7.31. The SMILES string of the molecule is CCNC(=NCCCOCc1ccco1)NC1CCN(C2CCCC2)C1. The Balaban J connectivity index is 1.34. The van der Waals surface area contributed by atoms with Crippen LogP contribution in [0.4, 0.5) is 0 Å². The Morgan fingerprint density at radius 1 is 1.35 bits per heavy atom. The van der Waals surface area contributed by atoms with Crippen molar-refractivity contribution in [2.45, 2.75) is 64.1 Å². The van der Waals surface area contributed by atoms with Crippen molar-refractivity contribution in [2.24, 2.45) is 4.99 Å². The van der Waals surface area contributed by atoms with Crippen molar-refractivity contribution >= 4 is 5.96 Å². The summed E-state index contributed by atoms with van der Waals surface area (Å²) < 4.78 is 10.9. The molecule has 1 saturated carbocycles. The lowest BCUT2D eigenvalue weighted by Gasteiger charge is -2.24. The molecule has 2 N–H and O–H groups in total. The van der Waals surface area contributed by atoms with Gasteiger partial charge in [-0.3, -0.25) is 9.89 Å². The maximum absolute atomic E-state index is 5.61. The molecule has 2 heterocycles. The Morgan fingerprint density at radius 3 is 3.00 bits per heavy atom. The minimum absolute atomic E-state index is 0.517. The zero-order valence-corrected chi connectivity index (χ0v) is 16.1. The summed E-state index contributed by atoms with van der Waals surface area (Å²) >= 11 is 0. The average molecular weight is 363 g/mol. The average Bonchev–Trinajstić information content (AvgIpc) is 3.40. The number of hydrogen-bond donors (Lipinski definition) is 2. The highest BCUT2D eigenvalue weighted by atomic mass is 16.5. The number of likely N-dealkylation sites (tertiary alicyclic amines) is 1. The zero-order valence-electron chi connectivity index (χ0n) is 16.1. The largest absolute Gasteiger partial charge is 0.467 e. The van der Waals surface area contributed by atoms with Crippen LogP contribution in [-0.2, 0) is 11.3 Å². The van der Waals surface area contributed by atoms with Gasteiger partial charge in [-0.15, -0.1) is 0 Å². The number of hydrogen-bond acceptors (Lipinski definition) is 4. The number of nitrogens with one attached hydrogen (secondary N) is 2. The molecule has 1 unspecified atom stereocenters. The van der Waals surface area contributed by atoms with Gasteiger partial charge in [0, 0.05) is 44.9 Å². The molecule has 1 aromatic rings. The molecule has 0 spiro atoms. The van der Waals surface area contributed by atoms with E-state index in [-0.39, 0.29) is 0 Å². The van der Waals surface area contributed by atoms with Gasteiger partial charge in [0.25, 0.3) is 0 Å². The third-order valence-electron chi connectivity index (χ3n) is 5.29. The first-order valence-electron chi connectivity index (χ1n) is 10.2. The number of furan rings is 1. The molecule has 6 heteroatoms. The molecule has 2 fully saturated rings. The zero-order chi connectivity index (χ0) is 18.0. The highest BCUT2D eigenvalue weighted by molar-refractivity contribution is 5.80. The standard InChI is InChI=1S/C20H34N4O2/c1-2-21-20(22-11-6-13-25-16-19-9-5-14-26-19)23-17-10-12-24(15-17)18-7-3-4-8-18/h5,9,14,17-18H,2-4,6-8,10-13,15-16H2,1H3,(H2,21,22,23). The third kappa shape index (κ3) is 6.02. The van der Waals surface area contributed by atoms with Crippen LogP contribution in [0.1, 0.15) is 51.2 Å². The van der Waals surface area contributed by atoms with E-state index in [1.807, 2.05) is 12.1 Å². The van der Waals surface area contributed by atoms with Crippen LogP contribution in [0.2, 0.25) is 0 Å². The maximum atomic E-state index is 5.61. The van der Waals surface area contributed by atoms with E-state index in [1.165, 1.54) is 38.6 Å². The van der Waals surface area contributed by atoms with Crippen LogP contribution in [0.25, 0.3) is 0 Å². The van der Waals surface area contributed by atoms with Gasteiger partial charge in [0.15, 0.2) is 5.96 Å². The van der Waals surface area contributed by atoms with Gasteiger partial charge >= 0.3 is 0 Å². The summed E-state index contributed by atoms with van der Waals surface area (Å²) in [7, 11) is 0. The summed E-state index contributed by atoms with van der Waals surface area (Å²) in [5.41, 5.74) is 0. The summed E-state index contributed by atoms with van der Waals surface area (Å²) in [5.74, 6) is 1.81. The van der Waals surface area contributed by atoms with Crippen LogP contribution in [0, 0.1) is 0 Å². The normalized spacial score (nSPS) is 22.2. The van der Waals surface area contributed by atoms with E-state index in [1.54, 1.807) is 6.26 Å². The van der Waals surface area contributed by atoms with E-state index >= 15 is 0 Å². The van der Waals surface area contributed by atoms with Crippen molar-refractivity contribution in [1.29, 1.82) is 0 Å². The predicted octanol–water partition coefficient (Wildman–Crippen LogP) is 2.76. The Morgan fingerprint density at radius 2 is 2.23 bits per heavy atom. The molecule has 26 heavy (non-hydrogen) atoms. The lowest BCUT2D eigenvalue weighted by molar-refractivity contribution is 0.105. The summed E-state index contributed by atoms with van der Waals surface area (Å²) in [5, 5.41) is 7.00. The molecule has 1 aliphatic heterocycles. The van der Waals surface area contributed by atoms with Crippen LogP contribution in [0.3, 0.4) is 0 Å². The molecule has 0 bridgehead atoms. The van der Waals surface area contributed by atoms with Crippen molar-refractivity contribution in [3.8, 4) is 0 Å². The molecule has 0 amide bonds. The van der Waals surface area contributed by atoms with Crippen molar-refractivity contribution in [2.75, 3.05) is 32.8 Å². The summed E-state index contributed by atoms with van der Waals surface area (Å²) in [4.78, 5) is 7.38. The van der Waals surface area contributed by atoms with E-state index in [9.17, 15) is 0 Å². The molecular formula is C20H34N4O2.